The fourth-order valence-electron chi connectivity index (χ4n) is 1.91. The first kappa shape index (κ1) is 13.5. The van der Waals surface area contributed by atoms with Gasteiger partial charge in [0.1, 0.15) is 11.6 Å². The Morgan fingerprint density at radius 1 is 1.21 bits per heavy atom. The van der Waals surface area contributed by atoms with Crippen LogP contribution in [0.25, 0.3) is 11.3 Å². The molecule has 0 spiro atoms. The summed E-state index contributed by atoms with van der Waals surface area (Å²) in [4.78, 5) is 9.07. The molecule has 0 aliphatic heterocycles. The maximum absolute atomic E-state index is 5.25. The molecular weight excluding hydrogens is 238 g/mol. The predicted octanol–water partition coefficient (Wildman–Crippen LogP) is 2.22. The second-order valence-electron chi connectivity index (χ2n) is 4.40. The van der Waals surface area contributed by atoms with Gasteiger partial charge in [-0.3, -0.25) is 0 Å². The number of likely N-dealkylation sites (N-methyl/N-ethyl adjacent to an activating group) is 1. The van der Waals surface area contributed by atoms with Gasteiger partial charge in [0.05, 0.1) is 12.8 Å². The van der Waals surface area contributed by atoms with Gasteiger partial charge in [-0.2, -0.15) is 0 Å². The van der Waals surface area contributed by atoms with Crippen molar-refractivity contribution in [1.82, 2.24) is 15.3 Å². The number of hydrogen-bond donors (Lipinski definition) is 1. The number of methoxy groups -OCH3 is 1. The Kier molecular flexibility index (Phi) is 4.47. The summed E-state index contributed by atoms with van der Waals surface area (Å²) in [6.45, 7) is 2.87. The third kappa shape index (κ3) is 3.51. The van der Waals surface area contributed by atoms with E-state index in [9.17, 15) is 0 Å². The summed E-state index contributed by atoms with van der Waals surface area (Å²) in [5.41, 5.74) is 2.98. The lowest BCUT2D eigenvalue weighted by Crippen LogP contribution is -2.12. The van der Waals surface area contributed by atoms with Crippen molar-refractivity contribution in [3.63, 3.8) is 0 Å². The highest BCUT2D eigenvalue weighted by Gasteiger charge is 2.05. The maximum Gasteiger partial charge on any atom is 0.130 e. The van der Waals surface area contributed by atoms with Crippen LogP contribution in [0, 0.1) is 6.92 Å². The number of rotatable bonds is 5. The van der Waals surface area contributed by atoms with Crippen molar-refractivity contribution in [1.29, 1.82) is 0 Å². The van der Waals surface area contributed by atoms with E-state index >= 15 is 0 Å². The first-order chi connectivity index (χ1) is 9.22. The molecule has 4 heteroatoms. The third-order valence-electron chi connectivity index (χ3n) is 2.86. The Hall–Kier alpha value is -1.94. The van der Waals surface area contributed by atoms with Crippen LogP contribution in [0.4, 0.5) is 0 Å². The van der Waals surface area contributed by atoms with Gasteiger partial charge < -0.3 is 10.1 Å². The van der Waals surface area contributed by atoms with Crippen LogP contribution >= 0.6 is 0 Å². The first-order valence-corrected chi connectivity index (χ1v) is 6.36. The third-order valence-corrected chi connectivity index (χ3v) is 2.86. The average Bonchev–Trinajstić information content (AvgIpc) is 2.44. The zero-order chi connectivity index (χ0) is 13.7. The Labute approximate surface area is 113 Å². The molecule has 2 aromatic rings. The number of benzene rings is 1. The van der Waals surface area contributed by atoms with E-state index in [1.165, 1.54) is 0 Å². The van der Waals surface area contributed by atoms with E-state index in [1.807, 2.05) is 44.3 Å². The highest BCUT2D eigenvalue weighted by Crippen LogP contribution is 2.22. The van der Waals surface area contributed by atoms with Gasteiger partial charge in [-0.15, -0.1) is 0 Å². The molecule has 100 valence electrons. The van der Waals surface area contributed by atoms with Crippen LogP contribution in [0.15, 0.2) is 30.3 Å². The number of nitrogens with one attached hydrogen (secondary N) is 1. The van der Waals surface area contributed by atoms with E-state index in [4.69, 9.17) is 4.74 Å². The van der Waals surface area contributed by atoms with Crippen molar-refractivity contribution in [3.05, 3.63) is 41.9 Å². The van der Waals surface area contributed by atoms with Crippen LogP contribution in [0.2, 0.25) is 0 Å². The van der Waals surface area contributed by atoms with Crippen LogP contribution < -0.4 is 10.1 Å². The van der Waals surface area contributed by atoms with Crippen molar-refractivity contribution in [2.24, 2.45) is 0 Å². The molecule has 0 amide bonds. The second-order valence-corrected chi connectivity index (χ2v) is 4.40. The Bertz CT molecular complexity index is 555. The minimum absolute atomic E-state index is 0.829. The van der Waals surface area contributed by atoms with Gasteiger partial charge in [0, 0.05) is 24.2 Å². The summed E-state index contributed by atoms with van der Waals surface area (Å²) in [7, 11) is 3.60. The van der Waals surface area contributed by atoms with Crippen LogP contribution in [0.3, 0.4) is 0 Å². The molecule has 0 aliphatic rings. The smallest absolute Gasteiger partial charge is 0.130 e. The first-order valence-electron chi connectivity index (χ1n) is 6.36. The summed E-state index contributed by atoms with van der Waals surface area (Å²) in [5, 5.41) is 3.11. The highest BCUT2D eigenvalue weighted by molar-refractivity contribution is 5.61. The van der Waals surface area contributed by atoms with Gasteiger partial charge >= 0.3 is 0 Å². The SMILES string of the molecule is CNCCc1nc(C)cc(-c2cccc(OC)c2)n1. The second kappa shape index (κ2) is 6.29. The molecule has 0 saturated heterocycles. The standard InChI is InChI=1S/C15H19N3O/c1-11-9-14(18-15(17-11)7-8-16-2)12-5-4-6-13(10-12)19-3/h4-6,9-10,16H,7-8H2,1-3H3. The zero-order valence-corrected chi connectivity index (χ0v) is 11.6. The van der Waals surface area contributed by atoms with Gasteiger partial charge in [0.2, 0.25) is 0 Å². The maximum atomic E-state index is 5.25. The van der Waals surface area contributed by atoms with Crippen LogP contribution in [-0.2, 0) is 6.42 Å². The summed E-state index contributed by atoms with van der Waals surface area (Å²) in [5.74, 6) is 1.71. The minimum Gasteiger partial charge on any atom is -0.497 e. The number of aryl methyl sites for hydroxylation is 1. The molecule has 0 atom stereocenters. The Morgan fingerprint density at radius 2 is 2.05 bits per heavy atom. The van der Waals surface area contributed by atoms with Crippen LogP contribution in [-0.4, -0.2) is 30.7 Å². The molecule has 1 aromatic carbocycles. The van der Waals surface area contributed by atoms with E-state index in [-0.39, 0.29) is 0 Å². The molecule has 0 aliphatic carbocycles. The van der Waals surface area contributed by atoms with Crippen molar-refractivity contribution < 1.29 is 4.74 Å². The molecule has 1 heterocycles. The lowest BCUT2D eigenvalue weighted by molar-refractivity contribution is 0.415. The monoisotopic (exact) mass is 257 g/mol. The topological polar surface area (TPSA) is 47.0 Å². The largest absolute Gasteiger partial charge is 0.497 e. The van der Waals surface area contributed by atoms with Crippen LogP contribution in [0.1, 0.15) is 11.5 Å². The van der Waals surface area contributed by atoms with Gasteiger partial charge in [-0.05, 0) is 32.2 Å². The molecule has 1 aromatic heterocycles. The van der Waals surface area contributed by atoms with E-state index in [2.05, 4.69) is 15.3 Å². The molecule has 1 N–H and O–H groups in total. The molecule has 0 fully saturated rings. The predicted molar refractivity (Wildman–Crippen MR) is 76.4 cm³/mol. The minimum atomic E-state index is 0.829. The van der Waals surface area contributed by atoms with Gasteiger partial charge in [-0.1, -0.05) is 12.1 Å². The van der Waals surface area contributed by atoms with Gasteiger partial charge in [0.25, 0.3) is 0 Å². The highest BCUT2D eigenvalue weighted by atomic mass is 16.5. The molecule has 19 heavy (non-hydrogen) atoms. The quantitative estimate of drug-likeness (QED) is 0.892. The lowest BCUT2D eigenvalue weighted by atomic mass is 10.1. The molecule has 2 rings (SSSR count). The Morgan fingerprint density at radius 3 is 2.79 bits per heavy atom. The lowest BCUT2D eigenvalue weighted by Gasteiger charge is -2.07. The van der Waals surface area contributed by atoms with Crippen molar-refractivity contribution in [3.8, 4) is 17.0 Å². The summed E-state index contributed by atoms with van der Waals surface area (Å²) >= 11 is 0. The van der Waals surface area contributed by atoms with Crippen molar-refractivity contribution in [2.45, 2.75) is 13.3 Å². The molecule has 0 radical (unpaired) electrons. The number of aromatic nitrogens is 2. The molecule has 0 unspecified atom stereocenters. The van der Waals surface area contributed by atoms with Gasteiger partial charge in [0.15, 0.2) is 0 Å². The zero-order valence-electron chi connectivity index (χ0n) is 11.6. The summed E-state index contributed by atoms with van der Waals surface area (Å²) in [6, 6.07) is 9.92. The van der Waals surface area contributed by atoms with Crippen LogP contribution in [0.5, 0.6) is 5.75 Å². The van der Waals surface area contributed by atoms with E-state index in [1.54, 1.807) is 7.11 Å². The normalized spacial score (nSPS) is 10.5. The average molecular weight is 257 g/mol. The molecule has 0 bridgehead atoms. The number of nitrogens with zero attached hydrogens (tertiary/aromatic N) is 2. The van der Waals surface area contributed by atoms with Gasteiger partial charge in [-0.25, -0.2) is 9.97 Å². The van der Waals surface area contributed by atoms with E-state index in [0.717, 1.165) is 41.5 Å². The number of ether oxygens (including phenoxy) is 1. The summed E-state index contributed by atoms with van der Waals surface area (Å²) in [6.07, 6.45) is 0.829. The molecule has 0 saturated carbocycles. The van der Waals surface area contributed by atoms with E-state index < -0.39 is 0 Å². The fourth-order valence-corrected chi connectivity index (χ4v) is 1.91. The van der Waals surface area contributed by atoms with Crippen molar-refractivity contribution >= 4 is 0 Å². The molecular formula is C15H19N3O. The fraction of sp³-hybridized carbons (Fsp3) is 0.333. The van der Waals surface area contributed by atoms with Crippen molar-refractivity contribution in [2.75, 3.05) is 20.7 Å². The summed E-state index contributed by atoms with van der Waals surface area (Å²) < 4.78 is 5.25. The Balaban J connectivity index is 2.34. The molecule has 4 nitrogen and oxygen atoms in total. The number of hydrogen-bond acceptors (Lipinski definition) is 4. The van der Waals surface area contributed by atoms with E-state index in [0.29, 0.717) is 0 Å².